The normalized spacial score (nSPS) is 25.5. The van der Waals surface area contributed by atoms with Crippen LogP contribution in [0.2, 0.25) is 0 Å². The maximum absolute atomic E-state index is 5.66. The third-order valence-corrected chi connectivity index (χ3v) is 4.00. The lowest BCUT2D eigenvalue weighted by atomic mass is 9.90. The van der Waals surface area contributed by atoms with Crippen molar-refractivity contribution in [3.05, 3.63) is 0 Å². The van der Waals surface area contributed by atoms with Crippen molar-refractivity contribution in [3.63, 3.8) is 0 Å². The third-order valence-electron chi connectivity index (χ3n) is 4.00. The summed E-state index contributed by atoms with van der Waals surface area (Å²) < 4.78 is 5.66. The summed E-state index contributed by atoms with van der Waals surface area (Å²) in [7, 11) is 0. The minimum atomic E-state index is 0.734. The van der Waals surface area contributed by atoms with Gasteiger partial charge in [-0.1, -0.05) is 33.6 Å². The SMILES string of the molecule is CCCCOCCN1CCC(NCC)C(CC)C1. The molecular weight excluding hydrogens is 224 g/mol. The molecule has 0 aromatic carbocycles. The van der Waals surface area contributed by atoms with Crippen molar-refractivity contribution in [2.45, 2.75) is 52.5 Å². The minimum absolute atomic E-state index is 0.734. The zero-order valence-corrected chi connectivity index (χ0v) is 12.6. The second-order valence-corrected chi connectivity index (χ2v) is 5.39. The number of hydrogen-bond donors (Lipinski definition) is 1. The van der Waals surface area contributed by atoms with Gasteiger partial charge in [0.25, 0.3) is 0 Å². The smallest absolute Gasteiger partial charge is 0.0593 e. The van der Waals surface area contributed by atoms with Gasteiger partial charge < -0.3 is 15.0 Å². The largest absolute Gasteiger partial charge is 0.380 e. The maximum Gasteiger partial charge on any atom is 0.0593 e. The van der Waals surface area contributed by atoms with Crippen LogP contribution in [0.1, 0.15) is 46.5 Å². The van der Waals surface area contributed by atoms with Crippen LogP contribution >= 0.6 is 0 Å². The Kier molecular flexibility index (Phi) is 8.64. The van der Waals surface area contributed by atoms with E-state index in [-0.39, 0.29) is 0 Å². The van der Waals surface area contributed by atoms with E-state index in [2.05, 4.69) is 31.0 Å². The van der Waals surface area contributed by atoms with Gasteiger partial charge in [-0.2, -0.15) is 0 Å². The van der Waals surface area contributed by atoms with Gasteiger partial charge in [-0.25, -0.2) is 0 Å². The Morgan fingerprint density at radius 1 is 1.22 bits per heavy atom. The van der Waals surface area contributed by atoms with Crippen molar-refractivity contribution in [3.8, 4) is 0 Å². The first-order valence-corrected chi connectivity index (χ1v) is 7.85. The molecule has 1 N–H and O–H groups in total. The Morgan fingerprint density at radius 3 is 2.72 bits per heavy atom. The average Bonchev–Trinajstić information content (AvgIpc) is 2.40. The molecule has 1 aliphatic heterocycles. The number of unbranched alkanes of at least 4 members (excludes halogenated alkanes) is 1. The highest BCUT2D eigenvalue weighted by atomic mass is 16.5. The van der Waals surface area contributed by atoms with Gasteiger partial charge in [-0.15, -0.1) is 0 Å². The van der Waals surface area contributed by atoms with Gasteiger partial charge in [-0.3, -0.25) is 0 Å². The Hall–Kier alpha value is -0.120. The van der Waals surface area contributed by atoms with Gasteiger partial charge in [0.15, 0.2) is 0 Å². The van der Waals surface area contributed by atoms with Crippen molar-refractivity contribution >= 4 is 0 Å². The lowest BCUT2D eigenvalue weighted by molar-refractivity contribution is 0.0728. The van der Waals surface area contributed by atoms with Crippen LogP contribution in [0.3, 0.4) is 0 Å². The predicted octanol–water partition coefficient (Wildman–Crippen LogP) is 2.51. The molecule has 0 saturated carbocycles. The number of rotatable bonds is 9. The summed E-state index contributed by atoms with van der Waals surface area (Å²) >= 11 is 0. The maximum atomic E-state index is 5.66. The van der Waals surface area contributed by atoms with Gasteiger partial charge in [0.1, 0.15) is 0 Å². The van der Waals surface area contributed by atoms with E-state index < -0.39 is 0 Å². The molecule has 1 heterocycles. The van der Waals surface area contributed by atoms with Crippen molar-refractivity contribution in [2.75, 3.05) is 39.4 Å². The highest BCUT2D eigenvalue weighted by Gasteiger charge is 2.26. The molecule has 0 spiro atoms. The summed E-state index contributed by atoms with van der Waals surface area (Å²) in [6.45, 7) is 13.2. The fourth-order valence-electron chi connectivity index (χ4n) is 2.80. The predicted molar refractivity (Wildman–Crippen MR) is 78.0 cm³/mol. The quantitative estimate of drug-likeness (QED) is 0.642. The van der Waals surface area contributed by atoms with Gasteiger partial charge >= 0.3 is 0 Å². The van der Waals surface area contributed by atoms with Crippen LogP contribution in [0.15, 0.2) is 0 Å². The first-order valence-electron chi connectivity index (χ1n) is 7.85. The first kappa shape index (κ1) is 15.9. The molecule has 0 aromatic rings. The van der Waals surface area contributed by atoms with Crippen molar-refractivity contribution in [1.29, 1.82) is 0 Å². The van der Waals surface area contributed by atoms with E-state index in [1.807, 2.05) is 0 Å². The number of ether oxygens (including phenoxy) is 1. The molecule has 1 aliphatic rings. The monoisotopic (exact) mass is 256 g/mol. The molecule has 0 amide bonds. The molecule has 1 fully saturated rings. The standard InChI is InChI=1S/C15H32N2O/c1-4-7-11-18-12-10-17-9-8-15(16-6-3)14(5-2)13-17/h14-16H,4-13H2,1-3H3. The summed E-state index contributed by atoms with van der Waals surface area (Å²) in [6, 6.07) is 0.734. The Morgan fingerprint density at radius 2 is 2.06 bits per heavy atom. The number of piperidine rings is 1. The molecule has 108 valence electrons. The molecule has 2 unspecified atom stereocenters. The molecule has 1 rings (SSSR count). The average molecular weight is 256 g/mol. The zero-order chi connectivity index (χ0) is 13.2. The highest BCUT2D eigenvalue weighted by molar-refractivity contribution is 4.84. The lowest BCUT2D eigenvalue weighted by Crippen LogP contribution is -2.49. The number of nitrogens with zero attached hydrogens (tertiary/aromatic N) is 1. The van der Waals surface area contributed by atoms with E-state index >= 15 is 0 Å². The molecule has 0 bridgehead atoms. The van der Waals surface area contributed by atoms with Crippen LogP contribution in [-0.2, 0) is 4.74 Å². The summed E-state index contributed by atoms with van der Waals surface area (Å²) in [6.07, 6.45) is 5.00. The minimum Gasteiger partial charge on any atom is -0.380 e. The van der Waals surface area contributed by atoms with Crippen molar-refractivity contribution in [1.82, 2.24) is 10.2 Å². The first-order chi connectivity index (χ1) is 8.81. The summed E-state index contributed by atoms with van der Waals surface area (Å²) in [4.78, 5) is 2.58. The van der Waals surface area contributed by atoms with E-state index in [0.717, 1.165) is 38.3 Å². The Balaban J connectivity index is 2.17. The third kappa shape index (κ3) is 5.68. The second kappa shape index (κ2) is 9.76. The van der Waals surface area contributed by atoms with Crippen LogP contribution in [0.5, 0.6) is 0 Å². The molecule has 3 nitrogen and oxygen atoms in total. The number of hydrogen-bond acceptors (Lipinski definition) is 3. The molecule has 0 radical (unpaired) electrons. The summed E-state index contributed by atoms with van der Waals surface area (Å²) in [5.74, 6) is 0.814. The van der Waals surface area contributed by atoms with E-state index in [9.17, 15) is 0 Å². The Bertz CT molecular complexity index is 199. The molecule has 1 saturated heterocycles. The van der Waals surface area contributed by atoms with Crippen LogP contribution in [0, 0.1) is 5.92 Å². The molecule has 0 aromatic heterocycles. The van der Waals surface area contributed by atoms with E-state index in [1.54, 1.807) is 0 Å². The van der Waals surface area contributed by atoms with Gasteiger partial charge in [-0.05, 0) is 31.8 Å². The summed E-state index contributed by atoms with van der Waals surface area (Å²) in [5.41, 5.74) is 0. The summed E-state index contributed by atoms with van der Waals surface area (Å²) in [5, 5.41) is 3.63. The van der Waals surface area contributed by atoms with Crippen LogP contribution in [0.25, 0.3) is 0 Å². The molecule has 3 heteroatoms. The lowest BCUT2D eigenvalue weighted by Gasteiger charge is -2.38. The van der Waals surface area contributed by atoms with E-state index in [1.165, 1.54) is 38.8 Å². The van der Waals surface area contributed by atoms with Crippen molar-refractivity contribution in [2.24, 2.45) is 5.92 Å². The fourth-order valence-corrected chi connectivity index (χ4v) is 2.80. The second-order valence-electron chi connectivity index (χ2n) is 5.39. The molecular formula is C15H32N2O. The molecule has 18 heavy (non-hydrogen) atoms. The number of likely N-dealkylation sites (tertiary alicyclic amines) is 1. The van der Waals surface area contributed by atoms with Gasteiger partial charge in [0.2, 0.25) is 0 Å². The molecule has 0 aliphatic carbocycles. The number of nitrogens with one attached hydrogen (secondary N) is 1. The molecule has 2 atom stereocenters. The van der Waals surface area contributed by atoms with E-state index in [4.69, 9.17) is 4.74 Å². The van der Waals surface area contributed by atoms with Crippen molar-refractivity contribution < 1.29 is 4.74 Å². The van der Waals surface area contributed by atoms with Crippen LogP contribution in [-0.4, -0.2) is 50.3 Å². The topological polar surface area (TPSA) is 24.5 Å². The van der Waals surface area contributed by atoms with Crippen LogP contribution in [0.4, 0.5) is 0 Å². The Labute approximate surface area is 113 Å². The van der Waals surface area contributed by atoms with Gasteiger partial charge in [0.05, 0.1) is 6.61 Å². The van der Waals surface area contributed by atoms with Gasteiger partial charge in [0, 0.05) is 25.7 Å². The highest BCUT2D eigenvalue weighted by Crippen LogP contribution is 2.19. The fraction of sp³-hybridized carbons (Fsp3) is 1.00. The zero-order valence-electron chi connectivity index (χ0n) is 12.6. The van der Waals surface area contributed by atoms with E-state index in [0.29, 0.717) is 0 Å². The van der Waals surface area contributed by atoms with Crippen LogP contribution < -0.4 is 5.32 Å².